The van der Waals surface area contributed by atoms with E-state index in [2.05, 4.69) is 34.6 Å². The number of esters is 1. The second-order valence-electron chi connectivity index (χ2n) is 8.46. The Morgan fingerprint density at radius 2 is 2.00 bits per heavy atom. The van der Waals surface area contributed by atoms with E-state index in [1.54, 1.807) is 0 Å². The van der Waals surface area contributed by atoms with Gasteiger partial charge in [0.05, 0.1) is 5.92 Å². The molecule has 2 saturated carbocycles. The Balaban J connectivity index is 1.99. The summed E-state index contributed by atoms with van der Waals surface area (Å²) in [6.45, 7) is 10.9. The monoisotopic (exact) mass is 320 g/mol. The Morgan fingerprint density at radius 1 is 1.30 bits per heavy atom. The fourth-order valence-corrected chi connectivity index (χ4v) is 4.24. The van der Waals surface area contributed by atoms with Gasteiger partial charge in [0.2, 0.25) is 0 Å². The molecule has 0 aromatic carbocycles. The summed E-state index contributed by atoms with van der Waals surface area (Å²) in [4.78, 5) is 23.1. The third-order valence-corrected chi connectivity index (χ3v) is 5.97. The zero-order valence-electron chi connectivity index (χ0n) is 15.2. The summed E-state index contributed by atoms with van der Waals surface area (Å²) < 4.78 is 5.99. The second-order valence-corrected chi connectivity index (χ2v) is 8.46. The van der Waals surface area contributed by atoms with Crippen LogP contribution in [0.15, 0.2) is 12.2 Å². The minimum atomic E-state index is -0.0598. The zero-order chi connectivity index (χ0) is 17.2. The van der Waals surface area contributed by atoms with Crippen molar-refractivity contribution in [2.75, 3.05) is 0 Å². The third-order valence-electron chi connectivity index (χ3n) is 5.97. The number of rotatable bonds is 6. The molecule has 0 heterocycles. The molecular weight excluding hydrogens is 288 g/mol. The molecule has 0 aromatic rings. The topological polar surface area (TPSA) is 43.4 Å². The number of hydrogen-bond acceptors (Lipinski definition) is 3. The lowest BCUT2D eigenvalue weighted by Gasteiger charge is -2.36. The SMILES string of the molecule is CC1CCC(C(C)C)C(OC(=O)C2C(C=CCC=O)C2(C)C)C1. The standard InChI is InChI=1S/C20H32O3/c1-13(2)15-10-9-14(3)12-17(15)23-19(22)18-16(20(18,4)5)8-6-7-11-21/h6,8,11,13-18H,7,9-10,12H2,1-5H3. The van der Waals surface area contributed by atoms with Gasteiger partial charge in [-0.3, -0.25) is 4.79 Å². The minimum absolute atomic E-state index is 0.0412. The molecule has 3 heteroatoms. The maximum absolute atomic E-state index is 12.7. The molecule has 3 nitrogen and oxygen atoms in total. The number of carbonyl (C=O) groups is 2. The quantitative estimate of drug-likeness (QED) is 0.414. The highest BCUT2D eigenvalue weighted by Crippen LogP contribution is 2.59. The summed E-state index contributed by atoms with van der Waals surface area (Å²) in [5, 5.41) is 0. The molecular formula is C20H32O3. The average molecular weight is 320 g/mol. The van der Waals surface area contributed by atoms with Crippen LogP contribution in [-0.4, -0.2) is 18.4 Å². The van der Waals surface area contributed by atoms with Crippen molar-refractivity contribution in [3.63, 3.8) is 0 Å². The van der Waals surface area contributed by atoms with Crippen molar-refractivity contribution in [1.82, 2.24) is 0 Å². The van der Waals surface area contributed by atoms with Crippen LogP contribution >= 0.6 is 0 Å². The number of allylic oxidation sites excluding steroid dienone is 2. The van der Waals surface area contributed by atoms with Gasteiger partial charge in [0, 0.05) is 6.42 Å². The van der Waals surface area contributed by atoms with Crippen LogP contribution in [0.3, 0.4) is 0 Å². The van der Waals surface area contributed by atoms with Gasteiger partial charge in [-0.2, -0.15) is 0 Å². The molecule has 0 spiro atoms. The molecule has 2 fully saturated rings. The van der Waals surface area contributed by atoms with Crippen LogP contribution in [0.25, 0.3) is 0 Å². The van der Waals surface area contributed by atoms with Gasteiger partial charge in [-0.15, -0.1) is 0 Å². The van der Waals surface area contributed by atoms with Gasteiger partial charge in [0.1, 0.15) is 12.4 Å². The Morgan fingerprint density at radius 3 is 2.61 bits per heavy atom. The van der Waals surface area contributed by atoms with Gasteiger partial charge in [0.25, 0.3) is 0 Å². The number of aldehydes is 1. The van der Waals surface area contributed by atoms with Gasteiger partial charge >= 0.3 is 5.97 Å². The summed E-state index contributed by atoms with van der Waals surface area (Å²) >= 11 is 0. The van der Waals surface area contributed by atoms with Crippen LogP contribution in [0, 0.1) is 35.0 Å². The number of hydrogen-bond donors (Lipinski definition) is 0. The van der Waals surface area contributed by atoms with Gasteiger partial charge < -0.3 is 9.53 Å². The van der Waals surface area contributed by atoms with Crippen molar-refractivity contribution in [3.05, 3.63) is 12.2 Å². The van der Waals surface area contributed by atoms with Crippen molar-refractivity contribution >= 4 is 12.3 Å². The van der Waals surface area contributed by atoms with E-state index in [0.29, 0.717) is 24.2 Å². The van der Waals surface area contributed by atoms with E-state index in [-0.39, 0.29) is 29.3 Å². The Labute approximate surface area is 140 Å². The van der Waals surface area contributed by atoms with Crippen molar-refractivity contribution in [2.45, 2.75) is 66.4 Å². The predicted molar refractivity (Wildman–Crippen MR) is 91.8 cm³/mol. The van der Waals surface area contributed by atoms with E-state index in [0.717, 1.165) is 19.1 Å². The first-order valence-corrected chi connectivity index (χ1v) is 9.09. The first-order chi connectivity index (χ1) is 10.8. The number of carbonyl (C=O) groups excluding carboxylic acids is 2. The van der Waals surface area contributed by atoms with E-state index in [9.17, 15) is 9.59 Å². The molecule has 5 atom stereocenters. The van der Waals surface area contributed by atoms with Crippen LogP contribution in [0.1, 0.15) is 60.3 Å². The molecule has 2 aliphatic rings. The lowest BCUT2D eigenvalue weighted by atomic mass is 9.75. The first-order valence-electron chi connectivity index (χ1n) is 9.09. The van der Waals surface area contributed by atoms with E-state index in [4.69, 9.17) is 4.74 Å². The van der Waals surface area contributed by atoms with E-state index in [1.165, 1.54) is 6.42 Å². The molecule has 5 unspecified atom stereocenters. The lowest BCUT2D eigenvalue weighted by molar-refractivity contribution is -0.158. The van der Waals surface area contributed by atoms with E-state index < -0.39 is 0 Å². The molecule has 0 bridgehead atoms. The smallest absolute Gasteiger partial charge is 0.310 e. The lowest BCUT2D eigenvalue weighted by Crippen LogP contribution is -2.36. The van der Waals surface area contributed by atoms with Gasteiger partial charge in [-0.25, -0.2) is 0 Å². The van der Waals surface area contributed by atoms with E-state index >= 15 is 0 Å². The zero-order valence-corrected chi connectivity index (χ0v) is 15.2. The summed E-state index contributed by atoms with van der Waals surface area (Å²) in [5.74, 6) is 1.78. The highest BCUT2D eigenvalue weighted by atomic mass is 16.5. The predicted octanol–water partition coefficient (Wildman–Crippen LogP) is 4.41. The molecule has 0 aromatic heterocycles. The second kappa shape index (κ2) is 7.19. The molecule has 130 valence electrons. The summed E-state index contributed by atoms with van der Waals surface area (Å²) in [7, 11) is 0. The maximum atomic E-state index is 12.7. The van der Waals surface area contributed by atoms with Gasteiger partial charge in [0.15, 0.2) is 0 Å². The highest BCUT2D eigenvalue weighted by Gasteiger charge is 2.61. The highest BCUT2D eigenvalue weighted by molar-refractivity contribution is 5.78. The first kappa shape index (κ1) is 18.2. The third kappa shape index (κ3) is 4.05. The van der Waals surface area contributed by atoms with Crippen molar-refractivity contribution in [2.24, 2.45) is 35.0 Å². The molecule has 0 amide bonds. The normalized spacial score (nSPS) is 36.2. The van der Waals surface area contributed by atoms with Crippen molar-refractivity contribution < 1.29 is 14.3 Å². The Hall–Kier alpha value is -1.12. The average Bonchev–Trinajstić information content (AvgIpc) is 3.00. The molecule has 0 aliphatic heterocycles. The fourth-order valence-electron chi connectivity index (χ4n) is 4.24. The number of ether oxygens (including phenoxy) is 1. The largest absolute Gasteiger partial charge is 0.462 e. The van der Waals surface area contributed by atoms with Crippen LogP contribution < -0.4 is 0 Å². The van der Waals surface area contributed by atoms with Gasteiger partial charge in [-0.1, -0.05) is 53.2 Å². The van der Waals surface area contributed by atoms with Crippen LogP contribution in [-0.2, 0) is 14.3 Å². The molecule has 2 aliphatic carbocycles. The van der Waals surface area contributed by atoms with Crippen molar-refractivity contribution in [3.8, 4) is 0 Å². The summed E-state index contributed by atoms with van der Waals surface area (Å²) in [5.41, 5.74) is -0.0515. The minimum Gasteiger partial charge on any atom is -0.462 e. The molecule has 0 radical (unpaired) electrons. The molecule has 23 heavy (non-hydrogen) atoms. The summed E-state index contributed by atoms with van der Waals surface area (Å²) in [6, 6.07) is 0. The summed E-state index contributed by atoms with van der Waals surface area (Å²) in [6.07, 6.45) is 8.65. The van der Waals surface area contributed by atoms with Crippen LogP contribution in [0.2, 0.25) is 0 Å². The fraction of sp³-hybridized carbons (Fsp3) is 0.800. The van der Waals surface area contributed by atoms with Crippen LogP contribution in [0.5, 0.6) is 0 Å². The molecule has 0 N–H and O–H groups in total. The van der Waals surface area contributed by atoms with Crippen molar-refractivity contribution in [1.29, 1.82) is 0 Å². The molecule has 2 rings (SSSR count). The van der Waals surface area contributed by atoms with Gasteiger partial charge in [-0.05, 0) is 41.9 Å². The van der Waals surface area contributed by atoms with Crippen LogP contribution in [0.4, 0.5) is 0 Å². The van der Waals surface area contributed by atoms with E-state index in [1.807, 2.05) is 12.2 Å². The maximum Gasteiger partial charge on any atom is 0.310 e. The molecule has 0 saturated heterocycles. The Bertz CT molecular complexity index is 464. The Kier molecular flexibility index (Phi) is 5.70.